The molecule has 0 aliphatic heterocycles. The Kier molecular flexibility index (Phi) is 4.49. The average Bonchev–Trinajstić information content (AvgIpc) is 3.03. The van der Waals surface area contributed by atoms with Crippen LogP contribution in [0.5, 0.6) is 5.88 Å². The summed E-state index contributed by atoms with van der Waals surface area (Å²) in [7, 11) is 3.65. The summed E-state index contributed by atoms with van der Waals surface area (Å²) in [6.45, 7) is 5.02. The summed E-state index contributed by atoms with van der Waals surface area (Å²) in [5, 5.41) is 9.43. The SMILES string of the molecule is CCc1nn(C)c(OC)c1CN[C@@H]1CCCc2nc(C)sc21. The lowest BCUT2D eigenvalue weighted by atomic mass is 9.98. The number of fused-ring (bicyclic) bond motifs is 1. The minimum atomic E-state index is 0.407. The smallest absolute Gasteiger partial charge is 0.216 e. The molecule has 0 unspecified atom stereocenters. The average molecular weight is 320 g/mol. The van der Waals surface area contributed by atoms with Crippen LogP contribution in [0.2, 0.25) is 0 Å². The lowest BCUT2D eigenvalue weighted by Gasteiger charge is -2.22. The first-order chi connectivity index (χ1) is 10.6. The normalized spacial score (nSPS) is 17.5. The maximum atomic E-state index is 5.52. The van der Waals surface area contributed by atoms with E-state index < -0.39 is 0 Å². The van der Waals surface area contributed by atoms with Crippen molar-refractivity contribution < 1.29 is 4.74 Å². The van der Waals surface area contributed by atoms with Crippen LogP contribution in [0.25, 0.3) is 0 Å². The van der Waals surface area contributed by atoms with Gasteiger partial charge in [0.05, 0.1) is 29.1 Å². The van der Waals surface area contributed by atoms with Crippen molar-refractivity contribution in [2.45, 2.75) is 52.1 Å². The molecule has 0 amide bonds. The molecular formula is C16H24N4OS. The highest BCUT2D eigenvalue weighted by Crippen LogP contribution is 2.34. The highest BCUT2D eigenvalue weighted by atomic mass is 32.1. The zero-order valence-electron chi connectivity index (χ0n) is 13.8. The molecule has 0 saturated carbocycles. The molecular weight excluding hydrogens is 296 g/mol. The van der Waals surface area contributed by atoms with Crippen molar-refractivity contribution in [3.05, 3.63) is 26.8 Å². The molecule has 120 valence electrons. The predicted molar refractivity (Wildman–Crippen MR) is 88.5 cm³/mol. The Morgan fingerprint density at radius 1 is 1.45 bits per heavy atom. The van der Waals surface area contributed by atoms with Gasteiger partial charge in [-0.2, -0.15) is 5.10 Å². The van der Waals surface area contributed by atoms with Crippen LogP contribution >= 0.6 is 11.3 Å². The van der Waals surface area contributed by atoms with Crippen molar-refractivity contribution in [1.82, 2.24) is 20.1 Å². The van der Waals surface area contributed by atoms with Crippen molar-refractivity contribution in [1.29, 1.82) is 0 Å². The van der Waals surface area contributed by atoms with E-state index in [0.717, 1.165) is 31.0 Å². The molecule has 0 bridgehead atoms. The third kappa shape index (κ3) is 2.77. The fraction of sp³-hybridized carbons (Fsp3) is 0.625. The maximum Gasteiger partial charge on any atom is 0.216 e. The summed E-state index contributed by atoms with van der Waals surface area (Å²) in [5.74, 6) is 0.862. The summed E-state index contributed by atoms with van der Waals surface area (Å²) < 4.78 is 7.36. The fourth-order valence-electron chi connectivity index (χ4n) is 3.28. The quantitative estimate of drug-likeness (QED) is 0.920. The first-order valence-corrected chi connectivity index (χ1v) is 8.74. The second-order valence-corrected chi connectivity index (χ2v) is 7.02. The Bertz CT molecular complexity index is 661. The standard InChI is InChI=1S/C16H24N4OS/c1-5-12-11(16(21-4)20(3)19-12)9-17-13-7-6-8-14-15(13)22-10(2)18-14/h13,17H,5-9H2,1-4H3/t13-/m1/s1. The van der Waals surface area contributed by atoms with E-state index in [4.69, 9.17) is 4.74 Å². The van der Waals surface area contributed by atoms with Crippen LogP contribution < -0.4 is 10.1 Å². The molecule has 1 atom stereocenters. The molecule has 1 N–H and O–H groups in total. The minimum absolute atomic E-state index is 0.407. The van der Waals surface area contributed by atoms with E-state index in [1.54, 1.807) is 7.11 Å². The van der Waals surface area contributed by atoms with Gasteiger partial charge in [0.2, 0.25) is 5.88 Å². The summed E-state index contributed by atoms with van der Waals surface area (Å²) in [6.07, 6.45) is 4.43. The van der Waals surface area contributed by atoms with Crippen LogP contribution in [-0.4, -0.2) is 21.9 Å². The van der Waals surface area contributed by atoms with Crippen molar-refractivity contribution >= 4 is 11.3 Å². The number of hydrogen-bond donors (Lipinski definition) is 1. The van der Waals surface area contributed by atoms with Gasteiger partial charge in [0.25, 0.3) is 0 Å². The number of nitrogens with one attached hydrogen (secondary N) is 1. The van der Waals surface area contributed by atoms with Gasteiger partial charge in [-0.3, -0.25) is 0 Å². The number of ether oxygens (including phenoxy) is 1. The van der Waals surface area contributed by atoms with E-state index >= 15 is 0 Å². The van der Waals surface area contributed by atoms with Crippen LogP contribution in [0.4, 0.5) is 0 Å². The summed E-state index contributed by atoms with van der Waals surface area (Å²) in [5.41, 5.74) is 3.59. The molecule has 1 aliphatic rings. The molecule has 0 spiro atoms. The molecule has 2 aromatic heterocycles. The molecule has 2 heterocycles. The van der Waals surface area contributed by atoms with E-state index in [2.05, 4.69) is 29.2 Å². The van der Waals surface area contributed by atoms with E-state index in [0.29, 0.717) is 6.04 Å². The zero-order chi connectivity index (χ0) is 15.7. The lowest BCUT2D eigenvalue weighted by molar-refractivity contribution is 0.365. The Morgan fingerprint density at radius 2 is 2.27 bits per heavy atom. The van der Waals surface area contributed by atoms with E-state index in [1.165, 1.54) is 34.0 Å². The van der Waals surface area contributed by atoms with Crippen molar-refractivity contribution in [2.24, 2.45) is 7.05 Å². The van der Waals surface area contributed by atoms with Gasteiger partial charge in [-0.05, 0) is 32.6 Å². The summed E-state index contributed by atoms with van der Waals surface area (Å²) in [4.78, 5) is 6.09. The topological polar surface area (TPSA) is 52.0 Å². The van der Waals surface area contributed by atoms with Gasteiger partial charge < -0.3 is 10.1 Å². The number of methoxy groups -OCH3 is 1. The first-order valence-electron chi connectivity index (χ1n) is 7.92. The van der Waals surface area contributed by atoms with Gasteiger partial charge in [-0.15, -0.1) is 11.3 Å². The second-order valence-electron chi connectivity index (χ2n) is 5.78. The van der Waals surface area contributed by atoms with Gasteiger partial charge in [-0.1, -0.05) is 6.92 Å². The molecule has 0 aromatic carbocycles. The monoisotopic (exact) mass is 320 g/mol. The van der Waals surface area contributed by atoms with Crippen LogP contribution in [0.1, 0.15) is 52.6 Å². The Hall–Kier alpha value is -1.40. The Balaban J connectivity index is 1.79. The lowest BCUT2D eigenvalue weighted by Crippen LogP contribution is -2.24. The number of hydrogen-bond acceptors (Lipinski definition) is 5. The molecule has 5 nitrogen and oxygen atoms in total. The molecule has 0 saturated heterocycles. The van der Waals surface area contributed by atoms with Crippen LogP contribution in [-0.2, 0) is 26.4 Å². The first kappa shape index (κ1) is 15.5. The highest BCUT2D eigenvalue weighted by molar-refractivity contribution is 7.11. The molecule has 0 radical (unpaired) electrons. The molecule has 0 fully saturated rings. The molecule has 1 aliphatic carbocycles. The maximum absolute atomic E-state index is 5.52. The molecule has 22 heavy (non-hydrogen) atoms. The van der Waals surface area contributed by atoms with Crippen molar-refractivity contribution in [3.8, 4) is 5.88 Å². The van der Waals surface area contributed by atoms with Gasteiger partial charge in [0, 0.05) is 24.5 Å². The van der Waals surface area contributed by atoms with Gasteiger partial charge >= 0.3 is 0 Å². The number of aromatic nitrogens is 3. The predicted octanol–water partition coefficient (Wildman–Crippen LogP) is 2.92. The minimum Gasteiger partial charge on any atom is -0.481 e. The van der Waals surface area contributed by atoms with E-state index in [9.17, 15) is 0 Å². The fourth-order valence-corrected chi connectivity index (χ4v) is 4.37. The van der Waals surface area contributed by atoms with Crippen molar-refractivity contribution in [2.75, 3.05) is 7.11 Å². The zero-order valence-corrected chi connectivity index (χ0v) is 14.6. The molecule has 6 heteroatoms. The van der Waals surface area contributed by atoms with Gasteiger partial charge in [0.15, 0.2) is 0 Å². The molecule has 3 rings (SSSR count). The van der Waals surface area contributed by atoms with Crippen molar-refractivity contribution in [3.63, 3.8) is 0 Å². The van der Waals surface area contributed by atoms with Gasteiger partial charge in [-0.25, -0.2) is 9.67 Å². The third-order valence-electron chi connectivity index (χ3n) is 4.28. The van der Waals surface area contributed by atoms with E-state index in [1.807, 2.05) is 23.1 Å². The number of thiazole rings is 1. The van der Waals surface area contributed by atoms with Crippen LogP contribution in [0.15, 0.2) is 0 Å². The summed E-state index contributed by atoms with van der Waals surface area (Å²) >= 11 is 1.83. The van der Waals surface area contributed by atoms with Gasteiger partial charge in [0.1, 0.15) is 0 Å². The third-order valence-corrected chi connectivity index (χ3v) is 5.41. The highest BCUT2D eigenvalue weighted by Gasteiger charge is 2.25. The number of aryl methyl sites for hydroxylation is 4. The second kappa shape index (κ2) is 6.38. The molecule has 2 aromatic rings. The Labute approximate surface area is 135 Å². The Morgan fingerprint density at radius 3 is 3.00 bits per heavy atom. The number of nitrogens with zero attached hydrogens (tertiary/aromatic N) is 3. The number of rotatable bonds is 5. The summed E-state index contributed by atoms with van der Waals surface area (Å²) in [6, 6.07) is 0.407. The van der Waals surface area contributed by atoms with Crippen LogP contribution in [0, 0.1) is 6.92 Å². The largest absolute Gasteiger partial charge is 0.481 e. The van der Waals surface area contributed by atoms with E-state index in [-0.39, 0.29) is 0 Å². The van der Waals surface area contributed by atoms with Crippen LogP contribution in [0.3, 0.4) is 0 Å².